The monoisotopic (exact) mass is 581 g/mol. The fourth-order valence-corrected chi connectivity index (χ4v) is 4.98. The van der Waals surface area contributed by atoms with Crippen LogP contribution >= 0.6 is 46.4 Å². The zero-order valence-corrected chi connectivity index (χ0v) is 23.5. The molecule has 2 aromatic rings. The standard InChI is InChI=1S/C23H27Cl4N3O4S/c1-14(2)11-28-23(32)15(3)29(12-16-5-6-17(24)10-21(16)27)22(31)13-30(35(4,33)34)20-8-18(25)7-19(26)9-20/h5-10,14-15H,11-13H2,1-4H3,(H,28,32). The van der Waals surface area contributed by atoms with Gasteiger partial charge in [0.15, 0.2) is 0 Å². The Morgan fingerprint density at radius 3 is 2.06 bits per heavy atom. The van der Waals surface area contributed by atoms with E-state index in [4.69, 9.17) is 46.4 Å². The average molecular weight is 583 g/mol. The van der Waals surface area contributed by atoms with Gasteiger partial charge in [-0.25, -0.2) is 8.42 Å². The molecule has 0 fully saturated rings. The minimum atomic E-state index is -3.91. The van der Waals surface area contributed by atoms with Crippen molar-refractivity contribution in [1.82, 2.24) is 10.2 Å². The highest BCUT2D eigenvalue weighted by molar-refractivity contribution is 7.92. The van der Waals surface area contributed by atoms with Gasteiger partial charge in [-0.2, -0.15) is 0 Å². The molecule has 7 nitrogen and oxygen atoms in total. The number of amides is 2. The predicted octanol–water partition coefficient (Wildman–Crippen LogP) is 5.26. The van der Waals surface area contributed by atoms with Crippen LogP contribution in [0.15, 0.2) is 36.4 Å². The number of anilines is 1. The first kappa shape index (κ1) is 29.5. The molecule has 0 heterocycles. The molecule has 0 aliphatic rings. The molecule has 35 heavy (non-hydrogen) atoms. The third-order valence-electron chi connectivity index (χ3n) is 5.02. The van der Waals surface area contributed by atoms with Gasteiger partial charge in [0.1, 0.15) is 12.6 Å². The van der Waals surface area contributed by atoms with Crippen LogP contribution in [0, 0.1) is 5.92 Å². The smallest absolute Gasteiger partial charge is 0.244 e. The van der Waals surface area contributed by atoms with Gasteiger partial charge >= 0.3 is 0 Å². The Labute approximate surface area is 226 Å². The number of hydrogen-bond acceptors (Lipinski definition) is 4. The second-order valence-corrected chi connectivity index (χ2v) is 12.1. The van der Waals surface area contributed by atoms with Crippen molar-refractivity contribution < 1.29 is 18.0 Å². The molecule has 2 rings (SSSR count). The second kappa shape index (κ2) is 12.5. The Kier molecular flexibility index (Phi) is 10.5. The maximum absolute atomic E-state index is 13.5. The lowest BCUT2D eigenvalue weighted by molar-refractivity contribution is -0.139. The lowest BCUT2D eigenvalue weighted by atomic mass is 10.1. The van der Waals surface area contributed by atoms with Crippen LogP contribution in [0.4, 0.5) is 5.69 Å². The van der Waals surface area contributed by atoms with E-state index >= 15 is 0 Å². The molecule has 1 atom stereocenters. The minimum absolute atomic E-state index is 0.0427. The molecule has 0 aliphatic heterocycles. The summed E-state index contributed by atoms with van der Waals surface area (Å²) in [6, 6.07) is 8.10. The van der Waals surface area contributed by atoms with Crippen LogP contribution in [-0.4, -0.2) is 50.5 Å². The Morgan fingerprint density at radius 2 is 1.54 bits per heavy atom. The highest BCUT2D eigenvalue weighted by Crippen LogP contribution is 2.28. The third kappa shape index (κ3) is 8.72. The zero-order chi connectivity index (χ0) is 26.5. The van der Waals surface area contributed by atoms with Crippen LogP contribution < -0.4 is 9.62 Å². The van der Waals surface area contributed by atoms with E-state index in [1.807, 2.05) is 13.8 Å². The number of hydrogen-bond donors (Lipinski definition) is 1. The van der Waals surface area contributed by atoms with Crippen molar-refractivity contribution in [2.24, 2.45) is 5.92 Å². The van der Waals surface area contributed by atoms with Gasteiger partial charge in [-0.05, 0) is 48.7 Å². The summed E-state index contributed by atoms with van der Waals surface area (Å²) in [6.07, 6.45) is 0.967. The van der Waals surface area contributed by atoms with Gasteiger partial charge in [0, 0.05) is 33.2 Å². The Bertz CT molecular complexity index is 1170. The van der Waals surface area contributed by atoms with Crippen molar-refractivity contribution in [3.63, 3.8) is 0 Å². The number of carbonyl (C=O) groups excluding carboxylic acids is 2. The lowest BCUT2D eigenvalue weighted by Gasteiger charge is -2.32. The molecule has 0 spiro atoms. The molecule has 2 amide bonds. The van der Waals surface area contributed by atoms with Crippen molar-refractivity contribution in [2.75, 3.05) is 23.7 Å². The van der Waals surface area contributed by atoms with E-state index in [2.05, 4.69) is 5.32 Å². The van der Waals surface area contributed by atoms with E-state index in [-0.39, 0.29) is 34.1 Å². The van der Waals surface area contributed by atoms with E-state index in [0.717, 1.165) is 10.6 Å². The number of halogens is 4. The fraction of sp³-hybridized carbons (Fsp3) is 0.391. The molecular weight excluding hydrogens is 556 g/mol. The molecule has 192 valence electrons. The molecule has 1 N–H and O–H groups in total. The van der Waals surface area contributed by atoms with Crippen molar-refractivity contribution in [2.45, 2.75) is 33.4 Å². The molecule has 0 bridgehead atoms. The quantitative estimate of drug-likeness (QED) is 0.414. The van der Waals surface area contributed by atoms with Crippen LogP contribution in [0.5, 0.6) is 0 Å². The summed E-state index contributed by atoms with van der Waals surface area (Å²) in [5.74, 6) is -0.798. The first-order valence-corrected chi connectivity index (χ1v) is 14.0. The number of carbonyl (C=O) groups is 2. The van der Waals surface area contributed by atoms with Crippen molar-refractivity contribution in [1.29, 1.82) is 0 Å². The summed E-state index contributed by atoms with van der Waals surface area (Å²) < 4.78 is 26.1. The summed E-state index contributed by atoms with van der Waals surface area (Å²) in [5.41, 5.74) is 0.671. The maximum Gasteiger partial charge on any atom is 0.244 e. The average Bonchev–Trinajstić information content (AvgIpc) is 2.73. The number of nitrogens with one attached hydrogen (secondary N) is 1. The first-order chi connectivity index (χ1) is 16.2. The molecular formula is C23H27Cl4N3O4S. The number of nitrogens with zero attached hydrogens (tertiary/aromatic N) is 2. The lowest BCUT2D eigenvalue weighted by Crippen LogP contribution is -2.51. The Hall–Kier alpha value is -1.71. The van der Waals surface area contributed by atoms with Crippen LogP contribution in [0.1, 0.15) is 26.3 Å². The van der Waals surface area contributed by atoms with Gasteiger partial charge in [-0.15, -0.1) is 0 Å². The summed E-state index contributed by atoms with van der Waals surface area (Å²) >= 11 is 24.4. The van der Waals surface area contributed by atoms with Gasteiger partial charge in [-0.3, -0.25) is 13.9 Å². The molecule has 0 saturated heterocycles. The topological polar surface area (TPSA) is 86.8 Å². The van der Waals surface area contributed by atoms with Crippen LogP contribution in [0.25, 0.3) is 0 Å². The van der Waals surface area contributed by atoms with Crippen LogP contribution in [0.2, 0.25) is 20.1 Å². The molecule has 0 saturated carbocycles. The molecule has 12 heteroatoms. The molecule has 0 aromatic heterocycles. The molecule has 0 aliphatic carbocycles. The van der Waals surface area contributed by atoms with Gasteiger partial charge in [0.2, 0.25) is 21.8 Å². The number of sulfonamides is 1. The summed E-state index contributed by atoms with van der Waals surface area (Å²) in [6.45, 7) is 5.26. The Morgan fingerprint density at radius 1 is 0.943 bits per heavy atom. The van der Waals surface area contributed by atoms with Gasteiger partial charge in [0.05, 0.1) is 11.9 Å². The maximum atomic E-state index is 13.5. The predicted molar refractivity (Wildman–Crippen MR) is 143 cm³/mol. The van der Waals surface area contributed by atoms with E-state index in [0.29, 0.717) is 22.2 Å². The number of benzene rings is 2. The highest BCUT2D eigenvalue weighted by atomic mass is 35.5. The van der Waals surface area contributed by atoms with E-state index < -0.39 is 28.5 Å². The van der Waals surface area contributed by atoms with E-state index in [1.165, 1.54) is 29.2 Å². The number of rotatable bonds is 10. The van der Waals surface area contributed by atoms with Crippen molar-refractivity contribution in [3.05, 3.63) is 62.1 Å². The second-order valence-electron chi connectivity index (χ2n) is 8.47. The van der Waals surface area contributed by atoms with Crippen LogP contribution in [-0.2, 0) is 26.2 Å². The normalized spacial score (nSPS) is 12.4. The third-order valence-corrected chi connectivity index (χ3v) is 7.19. The Balaban J connectivity index is 2.43. The first-order valence-electron chi connectivity index (χ1n) is 10.6. The van der Waals surface area contributed by atoms with E-state index in [9.17, 15) is 18.0 Å². The fourth-order valence-electron chi connectivity index (χ4n) is 3.17. The summed E-state index contributed by atoms with van der Waals surface area (Å²) in [5, 5.41) is 3.95. The molecule has 0 radical (unpaired) electrons. The molecule has 2 aromatic carbocycles. The SMILES string of the molecule is CC(C)CNC(=O)C(C)N(Cc1ccc(Cl)cc1Cl)C(=O)CN(c1cc(Cl)cc(Cl)c1)S(C)(=O)=O. The minimum Gasteiger partial charge on any atom is -0.354 e. The zero-order valence-electron chi connectivity index (χ0n) is 19.7. The van der Waals surface area contributed by atoms with Gasteiger partial charge in [-0.1, -0.05) is 66.3 Å². The van der Waals surface area contributed by atoms with Crippen molar-refractivity contribution >= 4 is 73.9 Å². The molecule has 1 unspecified atom stereocenters. The van der Waals surface area contributed by atoms with Gasteiger partial charge < -0.3 is 10.2 Å². The summed E-state index contributed by atoms with van der Waals surface area (Å²) in [4.78, 5) is 27.6. The highest BCUT2D eigenvalue weighted by Gasteiger charge is 2.30. The van der Waals surface area contributed by atoms with Crippen LogP contribution in [0.3, 0.4) is 0 Å². The largest absolute Gasteiger partial charge is 0.354 e. The summed E-state index contributed by atoms with van der Waals surface area (Å²) in [7, 11) is -3.91. The van der Waals surface area contributed by atoms with E-state index in [1.54, 1.807) is 19.1 Å². The van der Waals surface area contributed by atoms with Crippen molar-refractivity contribution in [3.8, 4) is 0 Å². The van der Waals surface area contributed by atoms with Gasteiger partial charge in [0.25, 0.3) is 0 Å².